The maximum Gasteiger partial charge on any atom is 0.248 e. The first-order valence-electron chi connectivity index (χ1n) is 11.0. The molecule has 2 aromatic heterocycles. The number of likely N-dealkylation sites (tertiary alicyclic amines) is 1. The Kier molecular flexibility index (Phi) is 5.21. The Balaban J connectivity index is 1.32. The number of aromatic nitrogens is 4. The van der Waals surface area contributed by atoms with Crippen LogP contribution >= 0.6 is 0 Å². The molecule has 2 aromatic rings. The first kappa shape index (κ1) is 19.8. The number of fused-ring (bicyclic) bond motifs is 1. The van der Waals surface area contributed by atoms with Crippen LogP contribution in [0, 0.1) is 18.8 Å². The Morgan fingerprint density at radius 2 is 1.80 bits per heavy atom. The molecule has 1 saturated heterocycles. The van der Waals surface area contributed by atoms with Crippen molar-refractivity contribution in [3.8, 4) is 5.88 Å². The van der Waals surface area contributed by atoms with E-state index in [-0.39, 0.29) is 25.0 Å². The van der Waals surface area contributed by atoms with Crippen molar-refractivity contribution < 1.29 is 13.5 Å². The molecule has 6 nitrogen and oxygen atoms in total. The van der Waals surface area contributed by atoms with Crippen LogP contribution in [0.4, 0.5) is 8.78 Å². The van der Waals surface area contributed by atoms with E-state index in [2.05, 4.69) is 24.4 Å². The molecule has 8 heteroatoms. The van der Waals surface area contributed by atoms with E-state index in [0.29, 0.717) is 36.6 Å². The maximum absolute atomic E-state index is 13.6. The lowest BCUT2D eigenvalue weighted by Crippen LogP contribution is -2.40. The second-order valence-corrected chi connectivity index (χ2v) is 9.18. The number of ether oxygens (including phenoxy) is 1. The van der Waals surface area contributed by atoms with Crippen LogP contribution in [0.25, 0.3) is 0 Å². The maximum atomic E-state index is 13.6. The van der Waals surface area contributed by atoms with Gasteiger partial charge in [0.15, 0.2) is 0 Å². The summed E-state index contributed by atoms with van der Waals surface area (Å²) < 4.78 is 35.8. The number of imidazole rings is 1. The highest BCUT2D eigenvalue weighted by Gasteiger charge is 2.47. The van der Waals surface area contributed by atoms with Gasteiger partial charge in [-0.3, -0.25) is 9.88 Å². The zero-order valence-electron chi connectivity index (χ0n) is 17.3. The Morgan fingerprint density at radius 3 is 2.47 bits per heavy atom. The summed E-state index contributed by atoms with van der Waals surface area (Å²) >= 11 is 0. The van der Waals surface area contributed by atoms with Crippen LogP contribution in [-0.2, 0) is 0 Å². The van der Waals surface area contributed by atoms with E-state index in [1.54, 1.807) is 18.6 Å². The van der Waals surface area contributed by atoms with Crippen LogP contribution in [0.1, 0.15) is 50.4 Å². The summed E-state index contributed by atoms with van der Waals surface area (Å²) in [4.78, 5) is 15.3. The predicted octanol–water partition coefficient (Wildman–Crippen LogP) is 3.89. The molecule has 0 N–H and O–H groups in total. The van der Waals surface area contributed by atoms with Crippen molar-refractivity contribution in [1.82, 2.24) is 24.4 Å². The Labute approximate surface area is 175 Å². The molecule has 0 aromatic carbocycles. The number of halogens is 2. The van der Waals surface area contributed by atoms with Gasteiger partial charge in [0, 0.05) is 56.8 Å². The molecule has 4 atom stereocenters. The number of hydrogen-bond donors (Lipinski definition) is 0. The molecule has 1 aliphatic heterocycles. The lowest BCUT2D eigenvalue weighted by Gasteiger charge is -2.38. The van der Waals surface area contributed by atoms with Gasteiger partial charge in [0.2, 0.25) is 11.8 Å². The van der Waals surface area contributed by atoms with Gasteiger partial charge in [0.05, 0.1) is 12.2 Å². The fourth-order valence-electron chi connectivity index (χ4n) is 5.77. The lowest BCUT2D eigenvalue weighted by atomic mass is 9.77. The summed E-state index contributed by atoms with van der Waals surface area (Å²) in [6.45, 7) is 4.01. The fourth-order valence-corrected chi connectivity index (χ4v) is 5.77. The topological polar surface area (TPSA) is 56.1 Å². The molecular formula is C22H29F2N5O. The predicted molar refractivity (Wildman–Crippen MR) is 107 cm³/mol. The quantitative estimate of drug-likeness (QED) is 0.756. The molecule has 3 heterocycles. The van der Waals surface area contributed by atoms with Gasteiger partial charge in [-0.2, -0.15) is 0 Å². The Morgan fingerprint density at radius 1 is 1.03 bits per heavy atom. The summed E-state index contributed by atoms with van der Waals surface area (Å²) in [5, 5.41) is 0. The van der Waals surface area contributed by atoms with Gasteiger partial charge in [0.25, 0.3) is 0 Å². The minimum Gasteiger partial charge on any atom is -0.471 e. The normalized spacial score (nSPS) is 32.1. The van der Waals surface area contributed by atoms with Crippen molar-refractivity contribution in [1.29, 1.82) is 0 Å². The van der Waals surface area contributed by atoms with Crippen molar-refractivity contribution in [2.75, 3.05) is 13.1 Å². The van der Waals surface area contributed by atoms with Crippen molar-refractivity contribution in [3.05, 3.63) is 36.8 Å². The van der Waals surface area contributed by atoms with Gasteiger partial charge in [-0.15, -0.1) is 0 Å². The number of aryl methyl sites for hydroxylation is 1. The molecule has 30 heavy (non-hydrogen) atoms. The number of rotatable bonds is 4. The van der Waals surface area contributed by atoms with Gasteiger partial charge in [-0.05, 0) is 44.4 Å². The second kappa shape index (κ2) is 7.87. The van der Waals surface area contributed by atoms with E-state index in [1.807, 2.05) is 19.3 Å². The van der Waals surface area contributed by atoms with Crippen LogP contribution in [0.3, 0.4) is 0 Å². The highest BCUT2D eigenvalue weighted by molar-refractivity contribution is 5.07. The summed E-state index contributed by atoms with van der Waals surface area (Å²) in [6.07, 6.45) is 12.0. The third-order valence-electron chi connectivity index (χ3n) is 7.35. The SMILES string of the molecule is Cc1nccn1[C@H]1C[C@H]2CN(C3CCC(F)(F)CC3)C[C@H]2C[C@@H]1Oc1cnccn1. The molecule has 0 unspecified atom stereocenters. The number of nitrogens with zero attached hydrogens (tertiary/aromatic N) is 5. The van der Waals surface area contributed by atoms with Crippen molar-refractivity contribution in [2.45, 2.75) is 69.6 Å². The Bertz CT molecular complexity index is 850. The fraction of sp³-hybridized carbons (Fsp3) is 0.682. The highest BCUT2D eigenvalue weighted by Crippen LogP contribution is 2.45. The molecule has 2 aliphatic carbocycles. The van der Waals surface area contributed by atoms with E-state index in [0.717, 1.165) is 31.8 Å². The molecule has 0 amide bonds. The van der Waals surface area contributed by atoms with Crippen molar-refractivity contribution in [2.24, 2.45) is 11.8 Å². The first-order valence-corrected chi connectivity index (χ1v) is 11.0. The largest absolute Gasteiger partial charge is 0.471 e. The van der Waals surface area contributed by atoms with Gasteiger partial charge in [0.1, 0.15) is 11.9 Å². The molecule has 162 valence electrons. The number of alkyl halides is 2. The van der Waals surface area contributed by atoms with Crippen LogP contribution in [0.2, 0.25) is 0 Å². The van der Waals surface area contributed by atoms with Gasteiger partial charge >= 0.3 is 0 Å². The van der Waals surface area contributed by atoms with E-state index in [9.17, 15) is 8.78 Å². The summed E-state index contributed by atoms with van der Waals surface area (Å²) in [7, 11) is 0. The van der Waals surface area contributed by atoms with Crippen molar-refractivity contribution >= 4 is 0 Å². The third kappa shape index (κ3) is 3.94. The molecule has 5 rings (SSSR count). The summed E-state index contributed by atoms with van der Waals surface area (Å²) in [5.41, 5.74) is 0. The van der Waals surface area contributed by atoms with Crippen LogP contribution in [-0.4, -0.2) is 55.6 Å². The van der Waals surface area contributed by atoms with Gasteiger partial charge in [-0.1, -0.05) is 0 Å². The average Bonchev–Trinajstić information content (AvgIpc) is 3.33. The molecule has 2 saturated carbocycles. The Hall–Kier alpha value is -2.09. The van der Waals surface area contributed by atoms with E-state index in [1.165, 1.54) is 0 Å². The van der Waals surface area contributed by atoms with Crippen molar-refractivity contribution in [3.63, 3.8) is 0 Å². The standard InChI is InChI=1S/C22H29F2N5O/c1-15-26-8-9-29(15)19-10-16-13-28(18-2-4-22(23,24)5-3-18)14-17(16)11-20(19)30-21-12-25-6-7-27-21/h6-9,12,16-20H,2-5,10-11,13-14H2,1H3/t16-,17+,19-,20-/m0/s1. The van der Waals surface area contributed by atoms with Crippen LogP contribution < -0.4 is 4.74 Å². The monoisotopic (exact) mass is 417 g/mol. The minimum atomic E-state index is -2.47. The van der Waals surface area contributed by atoms with Gasteiger partial charge < -0.3 is 9.30 Å². The van der Waals surface area contributed by atoms with Gasteiger partial charge in [-0.25, -0.2) is 18.7 Å². The van der Waals surface area contributed by atoms with Crippen LogP contribution in [0.15, 0.2) is 31.0 Å². The molecule has 0 spiro atoms. The zero-order chi connectivity index (χ0) is 20.7. The summed E-state index contributed by atoms with van der Waals surface area (Å²) in [6, 6.07) is 0.481. The van der Waals surface area contributed by atoms with E-state index < -0.39 is 5.92 Å². The highest BCUT2D eigenvalue weighted by atomic mass is 19.3. The molecule has 0 bridgehead atoms. The molecular weight excluding hydrogens is 388 g/mol. The van der Waals surface area contributed by atoms with E-state index in [4.69, 9.17) is 4.74 Å². The second-order valence-electron chi connectivity index (χ2n) is 9.18. The zero-order valence-corrected chi connectivity index (χ0v) is 17.3. The molecule has 3 aliphatic rings. The smallest absolute Gasteiger partial charge is 0.248 e. The summed E-state index contributed by atoms with van der Waals surface area (Å²) in [5.74, 6) is 0.140. The average molecular weight is 418 g/mol. The first-order chi connectivity index (χ1) is 14.5. The van der Waals surface area contributed by atoms with Crippen LogP contribution in [0.5, 0.6) is 5.88 Å². The molecule has 3 fully saturated rings. The lowest BCUT2D eigenvalue weighted by molar-refractivity contribution is -0.0520. The molecule has 0 radical (unpaired) electrons. The minimum absolute atomic E-state index is 0.00788. The van der Waals surface area contributed by atoms with E-state index >= 15 is 0 Å². The number of hydrogen-bond acceptors (Lipinski definition) is 5. The third-order valence-corrected chi connectivity index (χ3v) is 7.35.